The lowest BCUT2D eigenvalue weighted by atomic mass is 10.2. The molecule has 1 aliphatic rings. The van der Waals surface area contributed by atoms with E-state index in [0.29, 0.717) is 13.1 Å². The summed E-state index contributed by atoms with van der Waals surface area (Å²) in [6.45, 7) is 8.18. The van der Waals surface area contributed by atoms with Gasteiger partial charge in [0.1, 0.15) is 12.1 Å². The highest BCUT2D eigenvalue weighted by atomic mass is 16.6. The van der Waals surface area contributed by atoms with E-state index in [1.807, 2.05) is 39.8 Å². The molecule has 5 nitrogen and oxygen atoms in total. The van der Waals surface area contributed by atoms with Crippen LogP contribution in [0.5, 0.6) is 0 Å². The Labute approximate surface area is 107 Å². The summed E-state index contributed by atoms with van der Waals surface area (Å²) in [6, 6.07) is 3.76. The predicted molar refractivity (Wildman–Crippen MR) is 64.0 cm³/mol. The minimum Gasteiger partial charge on any atom is -0.444 e. The Hall–Kier alpha value is -1.78. The van der Waals surface area contributed by atoms with E-state index >= 15 is 0 Å². The van der Waals surface area contributed by atoms with Crippen molar-refractivity contribution >= 4 is 6.09 Å². The van der Waals surface area contributed by atoms with Crippen molar-refractivity contribution in [3.63, 3.8) is 0 Å². The van der Waals surface area contributed by atoms with Crippen molar-refractivity contribution in [3.8, 4) is 0 Å². The van der Waals surface area contributed by atoms with Gasteiger partial charge in [0.15, 0.2) is 0 Å². The molecular weight excluding hydrogens is 232 g/mol. The Balaban J connectivity index is 2.15. The minimum atomic E-state index is -0.503. The summed E-state index contributed by atoms with van der Waals surface area (Å²) in [6.07, 6.45) is -0.351. The molecule has 2 rings (SSSR count). The van der Waals surface area contributed by atoms with Crippen LogP contribution in [0.1, 0.15) is 37.7 Å². The zero-order valence-corrected chi connectivity index (χ0v) is 11.2. The van der Waals surface area contributed by atoms with E-state index in [2.05, 4.69) is 0 Å². The molecule has 2 heterocycles. The number of nitrogens with zero attached hydrogens (tertiary/aromatic N) is 2. The Bertz CT molecular complexity index is 492. The van der Waals surface area contributed by atoms with Crippen molar-refractivity contribution in [3.05, 3.63) is 29.1 Å². The molecular formula is C13H19N2O3+. The highest BCUT2D eigenvalue weighted by molar-refractivity contribution is 5.69. The maximum atomic E-state index is 11.9. The van der Waals surface area contributed by atoms with E-state index in [-0.39, 0.29) is 6.09 Å². The number of hydrogen-bond donors (Lipinski definition) is 1. The number of hydrogen-bond acceptors (Lipinski definition) is 3. The summed E-state index contributed by atoms with van der Waals surface area (Å²) < 4.78 is 6.46. The second-order valence-electron chi connectivity index (χ2n) is 5.59. The topological polar surface area (TPSA) is 53.7 Å². The van der Waals surface area contributed by atoms with Crippen molar-refractivity contribution < 1.29 is 19.5 Å². The lowest BCUT2D eigenvalue weighted by Crippen LogP contribution is -2.40. The molecule has 0 atom stereocenters. The normalized spacial score (nSPS) is 14.6. The highest BCUT2D eigenvalue weighted by Gasteiger charge is 2.34. The first kappa shape index (κ1) is 12.7. The second-order valence-corrected chi connectivity index (χ2v) is 5.59. The fraction of sp³-hybridized carbons (Fsp3) is 0.538. The Morgan fingerprint density at radius 2 is 2.06 bits per heavy atom. The van der Waals surface area contributed by atoms with Gasteiger partial charge in [0.2, 0.25) is 5.69 Å². The van der Waals surface area contributed by atoms with Crippen LogP contribution in [-0.4, -0.2) is 21.8 Å². The van der Waals surface area contributed by atoms with Gasteiger partial charge in [0.25, 0.3) is 5.69 Å². The van der Waals surface area contributed by atoms with Gasteiger partial charge in [0.05, 0.1) is 6.54 Å². The van der Waals surface area contributed by atoms with E-state index < -0.39 is 5.60 Å². The maximum absolute atomic E-state index is 11.9. The number of pyridine rings is 1. The predicted octanol–water partition coefficient (Wildman–Crippen LogP) is 1.77. The van der Waals surface area contributed by atoms with Gasteiger partial charge in [0, 0.05) is 23.3 Å². The van der Waals surface area contributed by atoms with E-state index in [1.165, 1.54) is 0 Å². The molecule has 0 saturated carbocycles. The quantitative estimate of drug-likeness (QED) is 0.565. The molecule has 98 valence electrons. The SMILES string of the molecule is Cc1ccc2c([n+]1O)CN(C(=O)OC(C)(C)C)C2. The molecule has 0 aromatic carbocycles. The molecule has 0 fully saturated rings. The molecule has 0 radical (unpaired) electrons. The third-order valence-electron chi connectivity index (χ3n) is 2.84. The van der Waals surface area contributed by atoms with Gasteiger partial charge < -0.3 is 4.74 Å². The maximum Gasteiger partial charge on any atom is 0.411 e. The molecule has 1 aromatic rings. The van der Waals surface area contributed by atoms with Crippen molar-refractivity contribution in [2.75, 3.05) is 0 Å². The third kappa shape index (κ3) is 2.39. The second kappa shape index (κ2) is 4.15. The van der Waals surface area contributed by atoms with Crippen LogP contribution in [0.4, 0.5) is 4.79 Å². The summed E-state index contributed by atoms with van der Waals surface area (Å²) in [5, 5.41) is 9.89. The molecule has 1 aromatic heterocycles. The lowest BCUT2D eigenvalue weighted by Gasteiger charge is -2.23. The summed E-state index contributed by atoms with van der Waals surface area (Å²) in [7, 11) is 0. The molecule has 1 N–H and O–H groups in total. The number of rotatable bonds is 0. The zero-order valence-electron chi connectivity index (χ0n) is 11.2. The van der Waals surface area contributed by atoms with Crippen molar-refractivity contribution in [2.24, 2.45) is 0 Å². The highest BCUT2D eigenvalue weighted by Crippen LogP contribution is 2.22. The number of aromatic nitrogens is 1. The molecule has 0 aliphatic carbocycles. The van der Waals surface area contributed by atoms with Gasteiger partial charge in [-0.25, -0.2) is 4.79 Å². The van der Waals surface area contributed by atoms with Gasteiger partial charge >= 0.3 is 6.09 Å². The molecule has 0 spiro atoms. The fourth-order valence-electron chi connectivity index (χ4n) is 1.95. The first-order valence-corrected chi connectivity index (χ1v) is 5.98. The molecule has 5 heteroatoms. The van der Waals surface area contributed by atoms with Crippen LogP contribution in [-0.2, 0) is 17.8 Å². The van der Waals surface area contributed by atoms with Crippen molar-refractivity contribution in [1.29, 1.82) is 0 Å². The van der Waals surface area contributed by atoms with E-state index in [0.717, 1.165) is 21.7 Å². The molecule has 0 saturated heterocycles. The molecule has 1 amide bonds. The Kier molecular flexibility index (Phi) is 2.92. The summed E-state index contributed by atoms with van der Waals surface area (Å²) >= 11 is 0. The summed E-state index contributed by atoms with van der Waals surface area (Å²) in [4.78, 5) is 13.5. The Morgan fingerprint density at radius 3 is 2.67 bits per heavy atom. The number of fused-ring (bicyclic) bond motifs is 1. The van der Waals surface area contributed by atoms with Crippen molar-refractivity contribution in [2.45, 2.75) is 46.4 Å². The molecule has 18 heavy (non-hydrogen) atoms. The fourth-order valence-corrected chi connectivity index (χ4v) is 1.95. The largest absolute Gasteiger partial charge is 0.444 e. The number of carbonyl (C=O) groups is 1. The van der Waals surface area contributed by atoms with Gasteiger partial charge in [-0.1, -0.05) is 0 Å². The number of aryl methyl sites for hydroxylation is 1. The lowest BCUT2D eigenvalue weighted by molar-refractivity contribution is -0.913. The molecule has 0 unspecified atom stereocenters. The molecule has 0 bridgehead atoms. The van der Waals surface area contributed by atoms with E-state index in [4.69, 9.17) is 4.74 Å². The first-order valence-electron chi connectivity index (χ1n) is 5.98. The van der Waals surface area contributed by atoms with Gasteiger partial charge in [-0.05, 0) is 26.8 Å². The van der Waals surface area contributed by atoms with Crippen LogP contribution in [0.3, 0.4) is 0 Å². The van der Waals surface area contributed by atoms with E-state index in [9.17, 15) is 10.0 Å². The first-order chi connectivity index (χ1) is 8.28. The average Bonchev–Trinajstić information content (AvgIpc) is 2.66. The van der Waals surface area contributed by atoms with Gasteiger partial charge in [-0.15, -0.1) is 0 Å². The van der Waals surface area contributed by atoms with Gasteiger partial charge in [-0.3, -0.25) is 10.1 Å². The third-order valence-corrected chi connectivity index (χ3v) is 2.84. The average molecular weight is 251 g/mol. The Morgan fingerprint density at radius 1 is 1.39 bits per heavy atom. The molecule has 1 aliphatic heterocycles. The van der Waals surface area contributed by atoms with Crippen LogP contribution in [0.2, 0.25) is 0 Å². The van der Waals surface area contributed by atoms with Gasteiger partial charge in [-0.2, -0.15) is 0 Å². The van der Waals surface area contributed by atoms with Crippen LogP contribution < -0.4 is 4.73 Å². The smallest absolute Gasteiger partial charge is 0.411 e. The van der Waals surface area contributed by atoms with Crippen LogP contribution >= 0.6 is 0 Å². The van der Waals surface area contributed by atoms with Crippen LogP contribution in [0, 0.1) is 6.92 Å². The minimum absolute atomic E-state index is 0.351. The van der Waals surface area contributed by atoms with E-state index in [1.54, 1.807) is 4.90 Å². The zero-order chi connectivity index (χ0) is 13.5. The monoisotopic (exact) mass is 251 g/mol. The standard InChI is InChI=1S/C13H19N2O3/c1-9-5-6-10-7-14(8-11(10)15(9)17)12(16)18-13(2,3)4/h5-6,17H,7-8H2,1-4H3/q+1. The number of carbonyl (C=O) groups excluding carboxylic acids is 1. The number of amides is 1. The van der Waals surface area contributed by atoms with Crippen LogP contribution in [0.25, 0.3) is 0 Å². The van der Waals surface area contributed by atoms with Crippen molar-refractivity contribution in [1.82, 2.24) is 4.90 Å². The summed E-state index contributed by atoms with van der Waals surface area (Å²) in [5.41, 5.74) is 1.95. The summed E-state index contributed by atoms with van der Waals surface area (Å²) in [5.74, 6) is 0. The van der Waals surface area contributed by atoms with Crippen LogP contribution in [0.15, 0.2) is 12.1 Å². The number of ether oxygens (including phenoxy) is 1.